The molecule has 0 N–H and O–H groups in total. The van der Waals surface area contributed by atoms with Crippen LogP contribution in [0.25, 0.3) is 0 Å². The van der Waals surface area contributed by atoms with E-state index in [0.29, 0.717) is 23.7 Å². The Balaban J connectivity index is 2.27. The topological polar surface area (TPSA) is 50.3 Å². The van der Waals surface area contributed by atoms with Gasteiger partial charge in [-0.15, -0.1) is 0 Å². The van der Waals surface area contributed by atoms with Crippen LogP contribution >= 0.6 is 11.6 Å². The first kappa shape index (κ1) is 15.0. The molecule has 0 spiro atoms. The minimum Gasteiger partial charge on any atom is -0.278 e. The minimum absolute atomic E-state index is 0.0964. The van der Waals surface area contributed by atoms with Crippen LogP contribution in [0.4, 0.5) is 0 Å². The highest BCUT2D eigenvalue weighted by Crippen LogP contribution is 2.24. The number of pyridine rings is 1. The van der Waals surface area contributed by atoms with Crippen molar-refractivity contribution in [3.8, 4) is 0 Å². The minimum atomic E-state index is -0.267. The SMILES string of the molecule is CCC1CC(=O)N(C(=O)c2cc(Cl)nc(C(C)C)c2)C1. The van der Waals surface area contributed by atoms with Crippen LogP contribution < -0.4 is 0 Å². The van der Waals surface area contributed by atoms with Crippen LogP contribution in [0.3, 0.4) is 0 Å². The summed E-state index contributed by atoms with van der Waals surface area (Å²) in [4.78, 5) is 29.9. The molecule has 4 nitrogen and oxygen atoms in total. The largest absolute Gasteiger partial charge is 0.278 e. The van der Waals surface area contributed by atoms with Crippen molar-refractivity contribution in [2.45, 2.75) is 39.5 Å². The zero-order valence-corrected chi connectivity index (χ0v) is 12.8. The van der Waals surface area contributed by atoms with Gasteiger partial charge in [-0.1, -0.05) is 38.8 Å². The van der Waals surface area contributed by atoms with Crippen molar-refractivity contribution in [3.63, 3.8) is 0 Å². The van der Waals surface area contributed by atoms with Crippen molar-refractivity contribution in [3.05, 3.63) is 28.5 Å². The van der Waals surface area contributed by atoms with Gasteiger partial charge >= 0.3 is 0 Å². The highest BCUT2D eigenvalue weighted by molar-refractivity contribution is 6.29. The van der Waals surface area contributed by atoms with Crippen LogP contribution in [-0.2, 0) is 4.79 Å². The normalized spacial score (nSPS) is 18.9. The van der Waals surface area contributed by atoms with Gasteiger partial charge in [0, 0.05) is 24.2 Å². The highest BCUT2D eigenvalue weighted by Gasteiger charge is 2.33. The number of carbonyl (C=O) groups excluding carboxylic acids is 2. The number of hydrogen-bond acceptors (Lipinski definition) is 3. The maximum absolute atomic E-state index is 12.5. The van der Waals surface area contributed by atoms with E-state index in [-0.39, 0.29) is 23.7 Å². The number of hydrogen-bond donors (Lipinski definition) is 0. The van der Waals surface area contributed by atoms with Gasteiger partial charge in [0.25, 0.3) is 5.91 Å². The summed E-state index contributed by atoms with van der Waals surface area (Å²) in [7, 11) is 0. The molecule has 2 amide bonds. The Kier molecular flexibility index (Phi) is 4.43. The molecule has 1 fully saturated rings. The lowest BCUT2D eigenvalue weighted by molar-refractivity contribution is -0.125. The molecule has 1 unspecified atom stereocenters. The van der Waals surface area contributed by atoms with Crippen LogP contribution in [0.15, 0.2) is 12.1 Å². The van der Waals surface area contributed by atoms with Crippen LogP contribution in [0, 0.1) is 5.92 Å². The third-order valence-corrected chi connectivity index (χ3v) is 3.87. The van der Waals surface area contributed by atoms with E-state index >= 15 is 0 Å². The molecule has 0 bridgehead atoms. The maximum Gasteiger partial charge on any atom is 0.260 e. The smallest absolute Gasteiger partial charge is 0.260 e. The predicted octanol–water partition coefficient (Wildman–Crippen LogP) is 3.26. The molecule has 0 aromatic carbocycles. The van der Waals surface area contributed by atoms with Crippen LogP contribution in [-0.4, -0.2) is 28.2 Å². The van der Waals surface area contributed by atoms with Crippen LogP contribution in [0.2, 0.25) is 5.15 Å². The van der Waals surface area contributed by atoms with Gasteiger partial charge in [0.15, 0.2) is 0 Å². The molecular formula is C15H19ClN2O2. The third kappa shape index (κ3) is 3.01. The molecule has 0 saturated carbocycles. The van der Waals surface area contributed by atoms with Crippen LogP contribution in [0.5, 0.6) is 0 Å². The summed E-state index contributed by atoms with van der Waals surface area (Å²) in [5.74, 6) is 0.0873. The van der Waals surface area contributed by atoms with Crippen molar-refractivity contribution < 1.29 is 9.59 Å². The van der Waals surface area contributed by atoms with E-state index in [4.69, 9.17) is 11.6 Å². The Morgan fingerprint density at radius 3 is 2.75 bits per heavy atom. The van der Waals surface area contributed by atoms with Gasteiger partial charge in [-0.25, -0.2) is 4.98 Å². The average molecular weight is 295 g/mol. The Labute approximate surface area is 124 Å². The van der Waals surface area contributed by atoms with E-state index in [9.17, 15) is 9.59 Å². The molecule has 2 rings (SSSR count). The second-order valence-electron chi connectivity index (χ2n) is 5.55. The lowest BCUT2D eigenvalue weighted by Crippen LogP contribution is -2.32. The number of rotatable bonds is 3. The molecule has 2 heterocycles. The number of halogens is 1. The molecule has 1 aromatic rings. The first-order valence-corrected chi connectivity index (χ1v) is 7.32. The molecule has 1 saturated heterocycles. The molecule has 20 heavy (non-hydrogen) atoms. The molecule has 0 aliphatic carbocycles. The van der Waals surface area contributed by atoms with Crippen molar-refractivity contribution in [2.24, 2.45) is 5.92 Å². The number of imide groups is 1. The number of aromatic nitrogens is 1. The Hall–Kier alpha value is -1.42. The van der Waals surface area contributed by atoms with Gasteiger partial charge in [-0.05, 0) is 24.0 Å². The number of nitrogens with zero attached hydrogens (tertiary/aromatic N) is 2. The lowest BCUT2D eigenvalue weighted by Gasteiger charge is -2.16. The predicted molar refractivity (Wildman–Crippen MR) is 77.8 cm³/mol. The second kappa shape index (κ2) is 5.92. The molecule has 1 atom stereocenters. The van der Waals surface area contributed by atoms with E-state index < -0.39 is 0 Å². The Bertz CT molecular complexity index is 543. The van der Waals surface area contributed by atoms with E-state index in [2.05, 4.69) is 4.98 Å². The highest BCUT2D eigenvalue weighted by atomic mass is 35.5. The monoisotopic (exact) mass is 294 g/mol. The quantitative estimate of drug-likeness (QED) is 0.635. The molecule has 5 heteroatoms. The average Bonchev–Trinajstić information content (AvgIpc) is 2.78. The van der Waals surface area contributed by atoms with Gasteiger partial charge in [0.05, 0.1) is 0 Å². The summed E-state index contributed by atoms with van der Waals surface area (Å²) in [5.41, 5.74) is 1.21. The maximum atomic E-state index is 12.5. The van der Waals surface area contributed by atoms with Gasteiger partial charge in [0.2, 0.25) is 5.91 Å². The number of likely N-dealkylation sites (tertiary alicyclic amines) is 1. The van der Waals surface area contributed by atoms with Crippen molar-refractivity contribution in [1.29, 1.82) is 0 Å². The summed E-state index contributed by atoms with van der Waals surface area (Å²) in [5, 5.41) is 0.290. The fourth-order valence-electron chi connectivity index (χ4n) is 2.34. The molecule has 1 aromatic heterocycles. The summed E-state index contributed by atoms with van der Waals surface area (Å²) < 4.78 is 0. The van der Waals surface area contributed by atoms with Gasteiger partial charge in [-0.2, -0.15) is 0 Å². The van der Waals surface area contributed by atoms with Gasteiger partial charge in [0.1, 0.15) is 5.15 Å². The Morgan fingerprint density at radius 1 is 1.50 bits per heavy atom. The van der Waals surface area contributed by atoms with Crippen LogP contribution in [0.1, 0.15) is 55.6 Å². The summed E-state index contributed by atoms with van der Waals surface area (Å²) in [6, 6.07) is 3.26. The lowest BCUT2D eigenvalue weighted by atomic mass is 10.1. The zero-order chi connectivity index (χ0) is 14.9. The first-order valence-electron chi connectivity index (χ1n) is 6.94. The number of amides is 2. The number of carbonyl (C=O) groups is 2. The zero-order valence-electron chi connectivity index (χ0n) is 12.0. The van der Waals surface area contributed by atoms with E-state index in [0.717, 1.165) is 12.1 Å². The van der Waals surface area contributed by atoms with E-state index in [1.807, 2.05) is 20.8 Å². The van der Waals surface area contributed by atoms with Gasteiger partial charge < -0.3 is 0 Å². The third-order valence-electron chi connectivity index (χ3n) is 3.68. The molecule has 1 aliphatic rings. The first-order chi connectivity index (χ1) is 9.42. The molecule has 1 aliphatic heterocycles. The summed E-state index contributed by atoms with van der Waals surface area (Å²) >= 11 is 5.97. The van der Waals surface area contributed by atoms with Gasteiger partial charge in [-0.3, -0.25) is 14.5 Å². The summed E-state index contributed by atoms with van der Waals surface area (Å²) in [6.45, 7) is 6.51. The van der Waals surface area contributed by atoms with Crippen molar-refractivity contribution in [1.82, 2.24) is 9.88 Å². The van der Waals surface area contributed by atoms with E-state index in [1.165, 1.54) is 11.0 Å². The van der Waals surface area contributed by atoms with Crippen molar-refractivity contribution in [2.75, 3.05) is 6.54 Å². The summed E-state index contributed by atoms with van der Waals surface area (Å²) in [6.07, 6.45) is 1.36. The Morgan fingerprint density at radius 2 is 2.20 bits per heavy atom. The standard InChI is InChI=1S/C15H19ClN2O2/c1-4-10-5-14(19)18(8-10)15(20)11-6-12(9(2)3)17-13(16)7-11/h6-7,9-10H,4-5,8H2,1-3H3. The fourth-order valence-corrected chi connectivity index (χ4v) is 2.56. The van der Waals surface area contributed by atoms with Crippen molar-refractivity contribution >= 4 is 23.4 Å². The molecular weight excluding hydrogens is 276 g/mol. The molecule has 0 radical (unpaired) electrons. The fraction of sp³-hybridized carbons (Fsp3) is 0.533. The molecule has 108 valence electrons. The van der Waals surface area contributed by atoms with E-state index in [1.54, 1.807) is 6.07 Å². The second-order valence-corrected chi connectivity index (χ2v) is 5.93.